The molecule has 108 valence electrons. The van der Waals surface area contributed by atoms with Gasteiger partial charge in [0.05, 0.1) is 18.9 Å². The first kappa shape index (κ1) is 15.7. The zero-order valence-corrected chi connectivity index (χ0v) is 12.1. The summed E-state index contributed by atoms with van der Waals surface area (Å²) < 4.78 is 31.8. The van der Waals surface area contributed by atoms with Gasteiger partial charge in [0.2, 0.25) is 5.76 Å². The molecule has 0 aliphatic heterocycles. The van der Waals surface area contributed by atoms with Crippen LogP contribution in [-0.4, -0.2) is 40.1 Å². The van der Waals surface area contributed by atoms with Crippen molar-refractivity contribution in [1.29, 1.82) is 0 Å². The van der Waals surface area contributed by atoms with Crippen LogP contribution >= 0.6 is 0 Å². The number of ether oxygens (including phenoxy) is 1. The van der Waals surface area contributed by atoms with Gasteiger partial charge in [-0.15, -0.1) is 0 Å². The second-order valence-corrected chi connectivity index (χ2v) is 6.61. The van der Waals surface area contributed by atoms with E-state index < -0.39 is 15.8 Å². The van der Waals surface area contributed by atoms with Crippen LogP contribution < -0.4 is 5.32 Å². The van der Waals surface area contributed by atoms with Gasteiger partial charge in [-0.1, -0.05) is 0 Å². The molecule has 1 rings (SSSR count). The van der Waals surface area contributed by atoms with Gasteiger partial charge in [0.1, 0.15) is 15.6 Å². The first-order chi connectivity index (χ1) is 8.83. The molecule has 0 radical (unpaired) electrons. The highest BCUT2D eigenvalue weighted by Crippen LogP contribution is 2.16. The average Bonchev–Trinajstić information content (AvgIpc) is 2.81. The van der Waals surface area contributed by atoms with Gasteiger partial charge in [-0.25, -0.2) is 13.2 Å². The van der Waals surface area contributed by atoms with Crippen LogP contribution in [0.25, 0.3) is 0 Å². The summed E-state index contributed by atoms with van der Waals surface area (Å²) >= 11 is 0. The quantitative estimate of drug-likeness (QED) is 0.598. The normalized spacial score (nSPS) is 13.2. The molecule has 0 bridgehead atoms. The van der Waals surface area contributed by atoms with Gasteiger partial charge in [-0.2, -0.15) is 0 Å². The Balaban J connectivity index is 2.43. The van der Waals surface area contributed by atoms with E-state index in [0.717, 1.165) is 0 Å². The third kappa shape index (κ3) is 5.44. The Kier molecular flexibility index (Phi) is 5.56. The third-order valence-electron chi connectivity index (χ3n) is 2.58. The summed E-state index contributed by atoms with van der Waals surface area (Å²) in [6.45, 7) is 2.43. The average molecular weight is 289 g/mol. The molecule has 1 atom stereocenters. The maximum atomic E-state index is 11.2. The summed E-state index contributed by atoms with van der Waals surface area (Å²) in [5.41, 5.74) is 0. The van der Waals surface area contributed by atoms with Crippen molar-refractivity contribution in [3.05, 3.63) is 23.7 Å². The first-order valence-electron chi connectivity index (χ1n) is 5.92. The summed E-state index contributed by atoms with van der Waals surface area (Å²) in [6.07, 6.45) is 1.75. The van der Waals surface area contributed by atoms with Crippen molar-refractivity contribution in [2.45, 2.75) is 19.4 Å². The van der Waals surface area contributed by atoms with Crippen LogP contribution in [0.4, 0.5) is 0 Å². The van der Waals surface area contributed by atoms with E-state index in [0.29, 0.717) is 18.7 Å². The second-order valence-electron chi connectivity index (χ2n) is 4.35. The fourth-order valence-electron chi connectivity index (χ4n) is 1.55. The van der Waals surface area contributed by atoms with Crippen molar-refractivity contribution in [1.82, 2.24) is 5.32 Å². The summed E-state index contributed by atoms with van der Waals surface area (Å²) in [5, 5.41) is 3.13. The summed E-state index contributed by atoms with van der Waals surface area (Å²) in [4.78, 5) is 11.2. The zero-order chi connectivity index (χ0) is 14.5. The van der Waals surface area contributed by atoms with Gasteiger partial charge < -0.3 is 14.5 Å². The fraction of sp³-hybridized carbons (Fsp3) is 0.583. The Hall–Kier alpha value is -1.34. The van der Waals surface area contributed by atoms with Crippen LogP contribution in [0.5, 0.6) is 0 Å². The van der Waals surface area contributed by atoms with Gasteiger partial charge in [-0.3, -0.25) is 0 Å². The highest BCUT2D eigenvalue weighted by Gasteiger charge is 2.14. The van der Waals surface area contributed by atoms with Crippen molar-refractivity contribution >= 4 is 15.8 Å². The minimum absolute atomic E-state index is 0.0991. The zero-order valence-electron chi connectivity index (χ0n) is 11.3. The second kappa shape index (κ2) is 6.72. The number of hydrogen-bond donors (Lipinski definition) is 1. The molecule has 0 spiro atoms. The molecule has 1 unspecified atom stereocenters. The molecule has 0 aliphatic carbocycles. The fourth-order valence-corrected chi connectivity index (χ4v) is 2.22. The van der Waals surface area contributed by atoms with Crippen molar-refractivity contribution in [3.8, 4) is 0 Å². The predicted octanol–water partition coefficient (Wildman–Crippen LogP) is 1.15. The number of hydrogen-bond acceptors (Lipinski definition) is 6. The van der Waals surface area contributed by atoms with Gasteiger partial charge in [0.25, 0.3) is 0 Å². The number of nitrogens with one attached hydrogen (secondary N) is 1. The Morgan fingerprint density at radius 1 is 1.47 bits per heavy atom. The molecule has 0 saturated heterocycles. The van der Waals surface area contributed by atoms with Crippen molar-refractivity contribution in [3.63, 3.8) is 0 Å². The van der Waals surface area contributed by atoms with Gasteiger partial charge >= 0.3 is 5.97 Å². The number of carbonyl (C=O) groups is 1. The molecule has 7 heteroatoms. The van der Waals surface area contributed by atoms with E-state index in [1.54, 1.807) is 12.1 Å². The maximum Gasteiger partial charge on any atom is 0.373 e. The SMILES string of the molecule is COC(=O)c1ccc(C(C)NCCCS(C)(=O)=O)o1. The monoisotopic (exact) mass is 289 g/mol. The number of furan rings is 1. The van der Waals surface area contributed by atoms with Gasteiger partial charge in [-0.05, 0) is 32.0 Å². The number of carbonyl (C=O) groups excluding carboxylic acids is 1. The maximum absolute atomic E-state index is 11.2. The lowest BCUT2D eigenvalue weighted by molar-refractivity contribution is 0.0562. The Morgan fingerprint density at radius 2 is 2.16 bits per heavy atom. The molecular formula is C12H19NO5S. The number of esters is 1. The van der Waals surface area contributed by atoms with E-state index in [9.17, 15) is 13.2 Å². The number of methoxy groups -OCH3 is 1. The molecule has 19 heavy (non-hydrogen) atoms. The van der Waals surface area contributed by atoms with E-state index in [1.165, 1.54) is 13.4 Å². The molecule has 6 nitrogen and oxygen atoms in total. The summed E-state index contributed by atoms with van der Waals surface area (Å²) in [7, 11) is -1.63. The molecule has 0 aliphatic rings. The first-order valence-corrected chi connectivity index (χ1v) is 7.98. The van der Waals surface area contributed by atoms with Gasteiger partial charge in [0, 0.05) is 6.26 Å². The van der Waals surface area contributed by atoms with Crippen molar-refractivity contribution in [2.75, 3.05) is 25.7 Å². The summed E-state index contributed by atoms with van der Waals surface area (Å²) in [5.74, 6) is 0.399. The van der Waals surface area contributed by atoms with E-state index in [2.05, 4.69) is 10.1 Å². The van der Waals surface area contributed by atoms with E-state index in [4.69, 9.17) is 4.42 Å². The minimum atomic E-state index is -2.92. The largest absolute Gasteiger partial charge is 0.463 e. The van der Waals surface area contributed by atoms with E-state index in [-0.39, 0.29) is 17.6 Å². The number of rotatable bonds is 7. The predicted molar refractivity (Wildman–Crippen MR) is 70.8 cm³/mol. The number of sulfone groups is 1. The lowest BCUT2D eigenvalue weighted by Gasteiger charge is -2.10. The molecule has 0 saturated carbocycles. The molecule has 0 amide bonds. The molecule has 1 heterocycles. The van der Waals surface area contributed by atoms with Crippen molar-refractivity contribution < 1.29 is 22.4 Å². The lowest BCUT2D eigenvalue weighted by Crippen LogP contribution is -2.21. The minimum Gasteiger partial charge on any atom is -0.463 e. The van der Waals surface area contributed by atoms with Crippen LogP contribution in [0.1, 0.15) is 35.7 Å². The van der Waals surface area contributed by atoms with Crippen LogP contribution in [-0.2, 0) is 14.6 Å². The molecule has 0 aromatic carbocycles. The molecule has 1 aromatic rings. The van der Waals surface area contributed by atoms with Crippen LogP contribution in [0.15, 0.2) is 16.5 Å². The van der Waals surface area contributed by atoms with Crippen LogP contribution in [0.3, 0.4) is 0 Å². The summed E-state index contributed by atoms with van der Waals surface area (Å²) in [6, 6.07) is 3.15. The van der Waals surface area contributed by atoms with E-state index in [1.807, 2.05) is 6.92 Å². The Bertz CT molecular complexity index is 520. The third-order valence-corrected chi connectivity index (χ3v) is 3.61. The topological polar surface area (TPSA) is 85.6 Å². The molecular weight excluding hydrogens is 270 g/mol. The highest BCUT2D eigenvalue weighted by atomic mass is 32.2. The smallest absolute Gasteiger partial charge is 0.373 e. The molecule has 1 aromatic heterocycles. The Morgan fingerprint density at radius 3 is 2.74 bits per heavy atom. The van der Waals surface area contributed by atoms with Crippen molar-refractivity contribution in [2.24, 2.45) is 0 Å². The molecule has 0 fully saturated rings. The molecule has 1 N–H and O–H groups in total. The van der Waals surface area contributed by atoms with Gasteiger partial charge in [0.15, 0.2) is 0 Å². The highest BCUT2D eigenvalue weighted by molar-refractivity contribution is 7.90. The van der Waals surface area contributed by atoms with E-state index >= 15 is 0 Å². The lowest BCUT2D eigenvalue weighted by atomic mass is 10.2. The van der Waals surface area contributed by atoms with Crippen LogP contribution in [0.2, 0.25) is 0 Å². The standard InChI is InChI=1S/C12H19NO5S/c1-9(13-7-4-8-19(3,15)16)10-5-6-11(18-10)12(14)17-2/h5-6,9,13H,4,7-8H2,1-3H3. The Labute approximate surface area is 113 Å². The van der Waals surface area contributed by atoms with Crippen LogP contribution in [0, 0.1) is 0 Å².